The third kappa shape index (κ3) is 3.91. The molecule has 0 aliphatic heterocycles. The minimum atomic E-state index is -0.169. The van der Waals surface area contributed by atoms with Gasteiger partial charge >= 0.3 is 0 Å². The standard InChI is InChI=1S/C19H16N4O2S3/c1-23(2)19-22-18-15(28-19)10-14(27-18)17(25)21-12-7-5-11(6-8-12)20-16(24)13-4-3-9-26-13/h3-10H,1-2H3,(H,20,24)(H,21,25). The van der Waals surface area contributed by atoms with Crippen LogP contribution in [-0.2, 0) is 0 Å². The van der Waals surface area contributed by atoms with Crippen molar-refractivity contribution in [3.05, 3.63) is 57.6 Å². The first-order chi connectivity index (χ1) is 13.5. The van der Waals surface area contributed by atoms with Gasteiger partial charge in [0.1, 0.15) is 4.83 Å². The third-order valence-electron chi connectivity index (χ3n) is 3.83. The van der Waals surface area contributed by atoms with Gasteiger partial charge in [-0.3, -0.25) is 9.59 Å². The minimum absolute atomic E-state index is 0.143. The fraction of sp³-hybridized carbons (Fsp3) is 0.105. The molecule has 28 heavy (non-hydrogen) atoms. The van der Waals surface area contributed by atoms with Crippen molar-refractivity contribution in [3.8, 4) is 0 Å². The lowest BCUT2D eigenvalue weighted by Crippen LogP contribution is -2.11. The maximum Gasteiger partial charge on any atom is 0.265 e. The number of hydrogen-bond donors (Lipinski definition) is 2. The Labute approximate surface area is 173 Å². The Kier molecular flexibility index (Phi) is 5.12. The second-order valence-electron chi connectivity index (χ2n) is 6.13. The van der Waals surface area contributed by atoms with Crippen LogP contribution in [0.15, 0.2) is 47.8 Å². The van der Waals surface area contributed by atoms with Gasteiger partial charge < -0.3 is 15.5 Å². The number of carbonyl (C=O) groups excluding carboxylic acids is 2. The van der Waals surface area contributed by atoms with E-state index in [0.29, 0.717) is 21.1 Å². The number of hydrogen-bond acceptors (Lipinski definition) is 7. The summed E-state index contributed by atoms with van der Waals surface area (Å²) in [7, 11) is 3.89. The van der Waals surface area contributed by atoms with Crippen LogP contribution in [0.3, 0.4) is 0 Å². The Balaban J connectivity index is 1.41. The monoisotopic (exact) mass is 428 g/mol. The van der Waals surface area contributed by atoms with Crippen molar-refractivity contribution in [3.63, 3.8) is 0 Å². The number of thiophene rings is 2. The Hall–Kier alpha value is -2.75. The Morgan fingerprint density at radius 2 is 1.57 bits per heavy atom. The zero-order valence-corrected chi connectivity index (χ0v) is 17.5. The molecule has 0 unspecified atom stereocenters. The van der Waals surface area contributed by atoms with Crippen molar-refractivity contribution in [2.24, 2.45) is 0 Å². The molecular formula is C19H16N4O2S3. The van der Waals surface area contributed by atoms with Gasteiger partial charge in [-0.1, -0.05) is 17.4 Å². The van der Waals surface area contributed by atoms with E-state index in [2.05, 4.69) is 15.6 Å². The molecule has 0 radical (unpaired) electrons. The van der Waals surface area contributed by atoms with E-state index < -0.39 is 0 Å². The molecule has 1 aromatic carbocycles. The summed E-state index contributed by atoms with van der Waals surface area (Å²) in [6.45, 7) is 0. The summed E-state index contributed by atoms with van der Waals surface area (Å²) in [6.07, 6.45) is 0. The van der Waals surface area contributed by atoms with Crippen molar-refractivity contribution < 1.29 is 9.59 Å². The smallest absolute Gasteiger partial charge is 0.265 e. The molecule has 2 N–H and O–H groups in total. The van der Waals surface area contributed by atoms with Crippen LogP contribution in [0, 0.1) is 0 Å². The summed E-state index contributed by atoms with van der Waals surface area (Å²) in [5.41, 5.74) is 1.34. The van der Waals surface area contributed by atoms with Crippen LogP contribution in [-0.4, -0.2) is 30.9 Å². The summed E-state index contributed by atoms with van der Waals surface area (Å²) >= 11 is 4.33. The maximum atomic E-state index is 12.5. The summed E-state index contributed by atoms with van der Waals surface area (Å²) in [5.74, 6) is -0.313. The van der Waals surface area contributed by atoms with Crippen molar-refractivity contribution in [2.75, 3.05) is 29.6 Å². The van der Waals surface area contributed by atoms with E-state index in [9.17, 15) is 9.59 Å². The van der Waals surface area contributed by atoms with E-state index in [1.165, 1.54) is 22.7 Å². The third-order valence-corrected chi connectivity index (χ3v) is 7.03. The number of aromatic nitrogens is 1. The van der Waals surface area contributed by atoms with Gasteiger partial charge in [0.05, 0.1) is 14.5 Å². The maximum absolute atomic E-state index is 12.5. The zero-order chi connectivity index (χ0) is 19.7. The lowest BCUT2D eigenvalue weighted by atomic mass is 10.2. The highest BCUT2D eigenvalue weighted by atomic mass is 32.1. The number of nitrogens with one attached hydrogen (secondary N) is 2. The minimum Gasteiger partial charge on any atom is -0.354 e. The van der Waals surface area contributed by atoms with E-state index in [4.69, 9.17) is 0 Å². The number of amides is 2. The van der Waals surface area contributed by atoms with Gasteiger partial charge in [-0.25, -0.2) is 4.98 Å². The van der Waals surface area contributed by atoms with Gasteiger partial charge in [0, 0.05) is 25.5 Å². The second kappa shape index (κ2) is 7.70. The summed E-state index contributed by atoms with van der Waals surface area (Å²) in [6, 6.07) is 12.5. The molecule has 3 aromatic heterocycles. The first kappa shape index (κ1) is 18.6. The second-order valence-corrected chi connectivity index (χ2v) is 9.12. The fourth-order valence-electron chi connectivity index (χ4n) is 2.46. The van der Waals surface area contributed by atoms with Crippen LogP contribution >= 0.6 is 34.0 Å². The van der Waals surface area contributed by atoms with E-state index in [1.807, 2.05) is 36.5 Å². The molecule has 4 rings (SSSR count). The molecular weight excluding hydrogens is 412 g/mol. The van der Waals surface area contributed by atoms with Gasteiger partial charge in [-0.2, -0.15) is 0 Å². The van der Waals surface area contributed by atoms with Crippen LogP contribution in [0.5, 0.6) is 0 Å². The van der Waals surface area contributed by atoms with Gasteiger partial charge in [0.25, 0.3) is 11.8 Å². The number of rotatable bonds is 5. The van der Waals surface area contributed by atoms with Crippen LogP contribution in [0.2, 0.25) is 0 Å². The van der Waals surface area contributed by atoms with Gasteiger partial charge in [0.2, 0.25) is 0 Å². The summed E-state index contributed by atoms with van der Waals surface area (Å²) < 4.78 is 1.01. The topological polar surface area (TPSA) is 74.3 Å². The first-order valence-corrected chi connectivity index (χ1v) is 10.8. The van der Waals surface area contributed by atoms with E-state index in [0.717, 1.165) is 14.7 Å². The van der Waals surface area contributed by atoms with E-state index in [-0.39, 0.29) is 11.8 Å². The lowest BCUT2D eigenvalue weighted by molar-refractivity contribution is 0.102. The molecule has 2 amide bonds. The average Bonchev–Trinajstić information content (AvgIpc) is 3.39. The van der Waals surface area contributed by atoms with Crippen molar-refractivity contribution >= 4 is 71.9 Å². The van der Waals surface area contributed by atoms with Crippen molar-refractivity contribution in [1.82, 2.24) is 4.98 Å². The molecule has 4 aromatic rings. The molecule has 0 aliphatic rings. The van der Waals surface area contributed by atoms with Gasteiger partial charge in [-0.15, -0.1) is 22.7 Å². The molecule has 0 aliphatic carbocycles. The molecule has 3 heterocycles. The molecule has 0 saturated heterocycles. The number of fused-ring (bicyclic) bond motifs is 1. The van der Waals surface area contributed by atoms with E-state index >= 15 is 0 Å². The number of benzene rings is 1. The van der Waals surface area contributed by atoms with Crippen molar-refractivity contribution in [2.45, 2.75) is 0 Å². The van der Waals surface area contributed by atoms with Crippen molar-refractivity contribution in [1.29, 1.82) is 0 Å². The Morgan fingerprint density at radius 3 is 2.11 bits per heavy atom. The molecule has 0 fully saturated rings. The highest BCUT2D eigenvalue weighted by Crippen LogP contribution is 2.34. The van der Waals surface area contributed by atoms with Crippen LogP contribution in [0.4, 0.5) is 16.5 Å². The number of carbonyl (C=O) groups is 2. The number of thiazole rings is 1. The predicted octanol–water partition coefficient (Wildman–Crippen LogP) is 4.99. The molecule has 142 valence electrons. The molecule has 9 heteroatoms. The molecule has 0 atom stereocenters. The Bertz CT molecular complexity index is 1100. The van der Waals surface area contributed by atoms with Gasteiger partial charge in [0.15, 0.2) is 5.13 Å². The highest BCUT2D eigenvalue weighted by Gasteiger charge is 2.15. The molecule has 0 spiro atoms. The average molecular weight is 429 g/mol. The number of nitrogens with zero attached hydrogens (tertiary/aromatic N) is 2. The normalized spacial score (nSPS) is 10.8. The van der Waals surface area contributed by atoms with Crippen LogP contribution in [0.1, 0.15) is 19.3 Å². The fourth-order valence-corrected chi connectivity index (χ4v) is 5.10. The van der Waals surface area contributed by atoms with Crippen LogP contribution in [0.25, 0.3) is 9.53 Å². The molecule has 6 nitrogen and oxygen atoms in total. The number of anilines is 3. The quantitative estimate of drug-likeness (QED) is 0.470. The highest BCUT2D eigenvalue weighted by molar-refractivity contribution is 7.29. The van der Waals surface area contributed by atoms with Crippen LogP contribution < -0.4 is 15.5 Å². The predicted molar refractivity (Wildman–Crippen MR) is 118 cm³/mol. The zero-order valence-electron chi connectivity index (χ0n) is 15.1. The lowest BCUT2D eigenvalue weighted by Gasteiger charge is -2.07. The summed E-state index contributed by atoms with van der Waals surface area (Å²) in [4.78, 5) is 33.2. The van der Waals surface area contributed by atoms with Gasteiger partial charge in [-0.05, 0) is 41.8 Å². The molecule has 0 bridgehead atoms. The summed E-state index contributed by atoms with van der Waals surface area (Å²) in [5, 5.41) is 8.50. The first-order valence-electron chi connectivity index (χ1n) is 8.33. The Morgan fingerprint density at radius 1 is 0.929 bits per heavy atom. The SMILES string of the molecule is CN(C)c1nc2sc(C(=O)Nc3ccc(NC(=O)c4cccs4)cc3)cc2s1. The van der Waals surface area contributed by atoms with E-state index in [1.54, 1.807) is 41.7 Å². The molecule has 0 saturated carbocycles. The largest absolute Gasteiger partial charge is 0.354 e.